The number of hydrogen-bond acceptors (Lipinski definition) is 0. The minimum atomic E-state index is -1.26. The zero-order valence-electron chi connectivity index (χ0n) is 5.16. The summed E-state index contributed by atoms with van der Waals surface area (Å²) in [5.41, 5.74) is 0. The minimum absolute atomic E-state index is 1.08. The molecule has 0 unspecified atom stereocenters. The van der Waals surface area contributed by atoms with Crippen molar-refractivity contribution in [1.29, 1.82) is 0 Å². The molecule has 0 aliphatic rings. The number of hydrogen-bond donors (Lipinski definition) is 0. The topological polar surface area (TPSA) is 0 Å². The van der Waals surface area contributed by atoms with E-state index in [1.807, 2.05) is 0 Å². The fraction of sp³-hybridized carbons (Fsp3) is 1.00. The van der Waals surface area contributed by atoms with Crippen LogP contribution in [0.25, 0.3) is 0 Å². The summed E-state index contributed by atoms with van der Waals surface area (Å²) < 4.78 is 0. The van der Waals surface area contributed by atoms with Gasteiger partial charge in [-0.15, -0.1) is 0 Å². The SMILES string of the molecule is CCCCC[PH2](Cl)Cl. The van der Waals surface area contributed by atoms with Gasteiger partial charge in [-0.2, -0.15) is 0 Å². The van der Waals surface area contributed by atoms with E-state index in [1.165, 1.54) is 19.3 Å². The molecular formula is C5H13Cl2P. The molecule has 0 aromatic carbocycles. The summed E-state index contributed by atoms with van der Waals surface area (Å²) in [6.45, 7) is 0.922. The molecule has 0 spiro atoms. The molecule has 0 rings (SSSR count). The number of halogens is 2. The molecule has 0 nitrogen and oxygen atoms in total. The maximum absolute atomic E-state index is 5.62. The van der Waals surface area contributed by atoms with Crippen molar-refractivity contribution in [1.82, 2.24) is 0 Å². The molecule has 0 aliphatic carbocycles. The normalized spacial score (nSPS) is 11.6. The van der Waals surface area contributed by atoms with E-state index in [0.717, 1.165) is 6.16 Å². The van der Waals surface area contributed by atoms with E-state index in [2.05, 4.69) is 6.92 Å². The van der Waals surface area contributed by atoms with E-state index in [1.54, 1.807) is 0 Å². The molecule has 0 radical (unpaired) electrons. The summed E-state index contributed by atoms with van der Waals surface area (Å²) in [7, 11) is 0. The quantitative estimate of drug-likeness (QED) is 0.453. The average molecular weight is 175 g/mol. The average Bonchev–Trinajstić information content (AvgIpc) is 1.66. The summed E-state index contributed by atoms with van der Waals surface area (Å²) in [6, 6.07) is 0. The Bertz CT molecular complexity index is 47.7. The summed E-state index contributed by atoms with van der Waals surface area (Å²) in [5, 5.41) is 0. The summed E-state index contributed by atoms with van der Waals surface area (Å²) in [4.78, 5) is 0. The van der Waals surface area contributed by atoms with Crippen LogP contribution in [-0.2, 0) is 0 Å². The Hall–Kier alpha value is 1.01. The molecule has 3 heteroatoms. The van der Waals surface area contributed by atoms with Crippen LogP contribution in [0.15, 0.2) is 0 Å². The molecule has 0 heterocycles. The predicted molar refractivity (Wildman–Crippen MR) is 45.8 cm³/mol. The molecule has 52 valence electrons. The van der Waals surface area contributed by atoms with Gasteiger partial charge in [0.25, 0.3) is 0 Å². The van der Waals surface area contributed by atoms with Gasteiger partial charge >= 0.3 is 61.5 Å². The van der Waals surface area contributed by atoms with Crippen LogP contribution in [0.2, 0.25) is 0 Å². The van der Waals surface area contributed by atoms with Gasteiger partial charge in [0, 0.05) is 0 Å². The van der Waals surface area contributed by atoms with Crippen LogP contribution in [-0.4, -0.2) is 6.16 Å². The predicted octanol–water partition coefficient (Wildman–Crippen LogP) is 3.43. The first-order valence-corrected chi connectivity index (χ1v) is 7.36. The van der Waals surface area contributed by atoms with Crippen molar-refractivity contribution < 1.29 is 0 Å². The molecule has 0 amide bonds. The first-order chi connectivity index (χ1) is 3.77. The zero-order chi connectivity index (χ0) is 6.41. The van der Waals surface area contributed by atoms with Crippen LogP contribution in [0.5, 0.6) is 0 Å². The molecule has 0 saturated heterocycles. The molecule has 0 aliphatic heterocycles. The molecule has 8 heavy (non-hydrogen) atoms. The Kier molecular flexibility index (Phi) is 6.91. The van der Waals surface area contributed by atoms with E-state index in [9.17, 15) is 0 Å². The summed E-state index contributed by atoms with van der Waals surface area (Å²) in [6.07, 6.45) is 4.84. The van der Waals surface area contributed by atoms with E-state index in [0.29, 0.717) is 0 Å². The first kappa shape index (κ1) is 9.01. The second-order valence-corrected chi connectivity index (χ2v) is 7.08. The van der Waals surface area contributed by atoms with Gasteiger partial charge in [0.1, 0.15) is 0 Å². The Labute approximate surface area is 61.9 Å². The molecule has 0 aromatic heterocycles. The molecule has 0 N–H and O–H groups in total. The van der Waals surface area contributed by atoms with E-state index < -0.39 is 6.63 Å². The Balaban J connectivity index is 2.72. The van der Waals surface area contributed by atoms with Gasteiger partial charge in [0.15, 0.2) is 0 Å². The van der Waals surface area contributed by atoms with Crippen LogP contribution in [0.4, 0.5) is 0 Å². The Morgan fingerprint density at radius 3 is 2.25 bits per heavy atom. The van der Waals surface area contributed by atoms with Gasteiger partial charge in [0.2, 0.25) is 0 Å². The van der Waals surface area contributed by atoms with Gasteiger partial charge < -0.3 is 0 Å². The second kappa shape index (κ2) is 6.13. The van der Waals surface area contributed by atoms with Crippen LogP contribution in [0.1, 0.15) is 26.2 Å². The third-order valence-electron chi connectivity index (χ3n) is 1.03. The molecule has 0 saturated carbocycles. The molecule has 0 atom stereocenters. The van der Waals surface area contributed by atoms with E-state index in [-0.39, 0.29) is 0 Å². The van der Waals surface area contributed by atoms with Crippen molar-refractivity contribution in [2.75, 3.05) is 6.16 Å². The first-order valence-electron chi connectivity index (χ1n) is 3.05. The summed E-state index contributed by atoms with van der Waals surface area (Å²) >= 11 is 11.2. The van der Waals surface area contributed by atoms with Crippen molar-refractivity contribution in [3.63, 3.8) is 0 Å². The van der Waals surface area contributed by atoms with Gasteiger partial charge in [-0.25, -0.2) is 0 Å². The molecule has 0 aromatic rings. The zero-order valence-corrected chi connectivity index (χ0v) is 7.83. The van der Waals surface area contributed by atoms with Crippen molar-refractivity contribution in [2.24, 2.45) is 0 Å². The van der Waals surface area contributed by atoms with E-state index >= 15 is 0 Å². The van der Waals surface area contributed by atoms with Gasteiger partial charge in [0.05, 0.1) is 0 Å². The second-order valence-electron chi connectivity index (χ2n) is 1.89. The Morgan fingerprint density at radius 2 is 1.88 bits per heavy atom. The Morgan fingerprint density at radius 1 is 1.25 bits per heavy atom. The van der Waals surface area contributed by atoms with E-state index in [4.69, 9.17) is 22.5 Å². The summed E-state index contributed by atoms with van der Waals surface area (Å²) in [5.74, 6) is 0. The van der Waals surface area contributed by atoms with Crippen molar-refractivity contribution in [3.05, 3.63) is 0 Å². The van der Waals surface area contributed by atoms with Crippen LogP contribution >= 0.6 is 29.1 Å². The van der Waals surface area contributed by atoms with Crippen molar-refractivity contribution >= 4 is 29.1 Å². The van der Waals surface area contributed by atoms with Gasteiger partial charge in [-0.1, -0.05) is 0 Å². The molecule has 0 bridgehead atoms. The number of unbranched alkanes of at least 4 members (excludes halogenated alkanes) is 2. The van der Waals surface area contributed by atoms with Crippen molar-refractivity contribution in [2.45, 2.75) is 26.2 Å². The fourth-order valence-electron chi connectivity index (χ4n) is 0.549. The third-order valence-corrected chi connectivity index (χ3v) is 3.18. The molecule has 0 fully saturated rings. The monoisotopic (exact) mass is 174 g/mol. The number of rotatable bonds is 4. The standard InChI is InChI=1S/C5H13Cl2P/c1-2-3-4-5-8(6)7/h2-5,8H2,1H3. The van der Waals surface area contributed by atoms with Crippen LogP contribution in [0, 0.1) is 0 Å². The fourth-order valence-corrected chi connectivity index (χ4v) is 2.07. The van der Waals surface area contributed by atoms with Crippen molar-refractivity contribution in [3.8, 4) is 0 Å². The van der Waals surface area contributed by atoms with Gasteiger partial charge in [-0.05, 0) is 0 Å². The van der Waals surface area contributed by atoms with Gasteiger partial charge in [-0.3, -0.25) is 0 Å². The van der Waals surface area contributed by atoms with Crippen LogP contribution in [0.3, 0.4) is 0 Å². The van der Waals surface area contributed by atoms with Crippen LogP contribution < -0.4 is 0 Å². The third kappa shape index (κ3) is 7.01. The molecular weight excluding hydrogens is 162 g/mol. The maximum atomic E-state index is 5.62.